The van der Waals surface area contributed by atoms with Gasteiger partial charge >= 0.3 is 0 Å². The van der Waals surface area contributed by atoms with E-state index in [1.807, 2.05) is 31.2 Å². The first-order chi connectivity index (χ1) is 11.5. The van der Waals surface area contributed by atoms with E-state index in [4.69, 9.17) is 10.2 Å². The molecule has 3 rings (SSSR count). The van der Waals surface area contributed by atoms with Crippen LogP contribution in [0.4, 0.5) is 5.69 Å². The van der Waals surface area contributed by atoms with Crippen LogP contribution in [-0.4, -0.2) is 23.4 Å². The number of amides is 1. The fraction of sp³-hybridized carbons (Fsp3) is 0.333. The molecule has 126 valence electrons. The molecule has 2 aromatic rings. The lowest BCUT2D eigenvalue weighted by Gasteiger charge is -2.31. The van der Waals surface area contributed by atoms with Gasteiger partial charge < -0.3 is 15.1 Å². The topological polar surface area (TPSA) is 71.8 Å². The van der Waals surface area contributed by atoms with Gasteiger partial charge in [0.1, 0.15) is 0 Å². The molecule has 0 bridgehead atoms. The molecule has 1 aromatic carbocycles. The van der Waals surface area contributed by atoms with Crippen molar-refractivity contribution in [3.63, 3.8) is 0 Å². The maximum atomic E-state index is 12.6. The van der Waals surface area contributed by atoms with Crippen molar-refractivity contribution >= 4 is 28.5 Å². The minimum atomic E-state index is -0.349. The second kappa shape index (κ2) is 6.73. The molecule has 0 fully saturated rings. The molecule has 2 heterocycles. The zero-order valence-corrected chi connectivity index (χ0v) is 14.7. The summed E-state index contributed by atoms with van der Waals surface area (Å²) >= 11 is 1.58. The SMILES string of the molecule is CCN(C(=O)c1ccco1)c1cccc(C2(C)CCSC(N)=N2)c1. The summed E-state index contributed by atoms with van der Waals surface area (Å²) in [5.74, 6) is 1.13. The summed E-state index contributed by atoms with van der Waals surface area (Å²) in [6.45, 7) is 4.59. The van der Waals surface area contributed by atoms with E-state index in [1.165, 1.54) is 6.26 Å². The Morgan fingerprint density at radius 3 is 2.92 bits per heavy atom. The molecular weight excluding hydrogens is 322 g/mol. The van der Waals surface area contributed by atoms with E-state index in [1.54, 1.807) is 28.8 Å². The van der Waals surface area contributed by atoms with Gasteiger partial charge in [0.2, 0.25) is 0 Å². The molecule has 1 aromatic heterocycles. The molecule has 5 nitrogen and oxygen atoms in total. The van der Waals surface area contributed by atoms with E-state index >= 15 is 0 Å². The molecule has 6 heteroatoms. The van der Waals surface area contributed by atoms with Crippen molar-refractivity contribution in [1.82, 2.24) is 0 Å². The number of rotatable bonds is 4. The summed E-state index contributed by atoms with van der Waals surface area (Å²) in [6, 6.07) is 11.4. The molecule has 0 aliphatic carbocycles. The lowest BCUT2D eigenvalue weighted by molar-refractivity contribution is 0.0961. The number of aliphatic imine (C=N–C) groups is 1. The fourth-order valence-corrected chi connectivity index (χ4v) is 3.85. The number of benzene rings is 1. The summed E-state index contributed by atoms with van der Waals surface area (Å²) in [4.78, 5) is 19.0. The van der Waals surface area contributed by atoms with Gasteiger partial charge in [0.05, 0.1) is 11.8 Å². The summed E-state index contributed by atoms with van der Waals surface area (Å²) in [7, 11) is 0. The molecule has 1 atom stereocenters. The van der Waals surface area contributed by atoms with Gasteiger partial charge in [0.15, 0.2) is 10.9 Å². The number of nitrogens with zero attached hydrogens (tertiary/aromatic N) is 2. The van der Waals surface area contributed by atoms with Crippen LogP contribution in [0.3, 0.4) is 0 Å². The largest absolute Gasteiger partial charge is 0.459 e. The van der Waals surface area contributed by atoms with Crippen molar-refractivity contribution in [3.8, 4) is 0 Å². The number of hydrogen-bond donors (Lipinski definition) is 1. The van der Waals surface area contributed by atoms with Crippen LogP contribution in [-0.2, 0) is 5.54 Å². The highest BCUT2D eigenvalue weighted by Crippen LogP contribution is 2.36. The van der Waals surface area contributed by atoms with Crippen molar-refractivity contribution in [2.24, 2.45) is 10.7 Å². The monoisotopic (exact) mass is 343 g/mol. The van der Waals surface area contributed by atoms with Crippen LogP contribution in [0.25, 0.3) is 0 Å². The van der Waals surface area contributed by atoms with Gasteiger partial charge in [-0.1, -0.05) is 23.9 Å². The second-order valence-corrected chi connectivity index (χ2v) is 7.01. The molecule has 0 saturated heterocycles. The first kappa shape index (κ1) is 16.6. The predicted octanol–water partition coefficient (Wildman–Crippen LogP) is 3.61. The van der Waals surface area contributed by atoms with E-state index < -0.39 is 0 Å². The zero-order chi connectivity index (χ0) is 17.2. The van der Waals surface area contributed by atoms with E-state index in [0.29, 0.717) is 17.5 Å². The molecule has 0 radical (unpaired) electrons. The highest BCUT2D eigenvalue weighted by molar-refractivity contribution is 8.13. The van der Waals surface area contributed by atoms with Gasteiger partial charge in [-0.3, -0.25) is 9.79 Å². The number of furan rings is 1. The number of hydrogen-bond acceptors (Lipinski definition) is 5. The summed E-state index contributed by atoms with van der Waals surface area (Å²) in [5.41, 5.74) is 7.47. The Bertz CT molecular complexity index is 757. The smallest absolute Gasteiger partial charge is 0.293 e. The normalized spacial score (nSPS) is 20.5. The summed E-state index contributed by atoms with van der Waals surface area (Å²) in [6.07, 6.45) is 2.43. The Labute approximate surface area is 145 Å². The number of anilines is 1. The Balaban J connectivity index is 1.95. The van der Waals surface area contributed by atoms with Gasteiger partial charge in [-0.2, -0.15) is 0 Å². The number of carbonyl (C=O) groups is 1. The molecule has 1 amide bonds. The van der Waals surface area contributed by atoms with Crippen LogP contribution < -0.4 is 10.6 Å². The van der Waals surface area contributed by atoms with Gasteiger partial charge in [0.25, 0.3) is 5.91 Å². The number of thioether (sulfide) groups is 1. The third-order valence-corrected chi connectivity index (χ3v) is 5.06. The first-order valence-electron chi connectivity index (χ1n) is 7.97. The van der Waals surface area contributed by atoms with Crippen molar-refractivity contribution in [3.05, 3.63) is 54.0 Å². The number of nitrogens with two attached hydrogens (primary N) is 1. The standard InChI is InChI=1S/C18H21N3O2S/c1-3-21(16(22)15-8-5-10-23-15)14-7-4-6-13(12-14)18(2)9-11-24-17(19)20-18/h4-8,10,12H,3,9,11H2,1-2H3,(H2,19,20). The average molecular weight is 343 g/mol. The van der Waals surface area contributed by atoms with Crippen LogP contribution in [0.1, 0.15) is 36.4 Å². The van der Waals surface area contributed by atoms with Gasteiger partial charge in [-0.25, -0.2) is 0 Å². The maximum Gasteiger partial charge on any atom is 0.293 e. The van der Waals surface area contributed by atoms with Crippen molar-refractivity contribution in [2.45, 2.75) is 25.8 Å². The highest BCUT2D eigenvalue weighted by Gasteiger charge is 2.30. The molecule has 1 unspecified atom stereocenters. The minimum absolute atomic E-state index is 0.146. The van der Waals surface area contributed by atoms with Crippen molar-refractivity contribution < 1.29 is 9.21 Å². The molecule has 24 heavy (non-hydrogen) atoms. The highest BCUT2D eigenvalue weighted by atomic mass is 32.2. The Kier molecular flexibility index (Phi) is 4.66. The Hall–Kier alpha value is -2.21. The number of carbonyl (C=O) groups excluding carboxylic acids is 1. The van der Waals surface area contributed by atoms with Crippen LogP contribution in [0, 0.1) is 0 Å². The minimum Gasteiger partial charge on any atom is -0.459 e. The maximum absolute atomic E-state index is 12.6. The quantitative estimate of drug-likeness (QED) is 0.920. The van der Waals surface area contributed by atoms with E-state index in [0.717, 1.165) is 23.4 Å². The zero-order valence-electron chi connectivity index (χ0n) is 13.9. The lowest BCUT2D eigenvalue weighted by atomic mass is 9.89. The van der Waals surface area contributed by atoms with Gasteiger partial charge in [0, 0.05) is 18.0 Å². The Morgan fingerprint density at radius 2 is 2.25 bits per heavy atom. The van der Waals surface area contributed by atoms with Crippen LogP contribution in [0.15, 0.2) is 52.1 Å². The first-order valence-corrected chi connectivity index (χ1v) is 8.96. The van der Waals surface area contributed by atoms with E-state index in [2.05, 4.69) is 11.9 Å². The van der Waals surface area contributed by atoms with Crippen LogP contribution in [0.5, 0.6) is 0 Å². The third kappa shape index (κ3) is 3.19. The van der Waals surface area contributed by atoms with E-state index in [-0.39, 0.29) is 11.4 Å². The van der Waals surface area contributed by atoms with Crippen LogP contribution in [0.2, 0.25) is 0 Å². The summed E-state index contributed by atoms with van der Waals surface area (Å²) < 4.78 is 5.25. The van der Waals surface area contributed by atoms with E-state index in [9.17, 15) is 4.79 Å². The summed E-state index contributed by atoms with van der Waals surface area (Å²) in [5, 5.41) is 0.619. The van der Waals surface area contributed by atoms with Gasteiger partial charge in [-0.05, 0) is 50.1 Å². The molecule has 2 N–H and O–H groups in total. The molecule has 0 spiro atoms. The molecule has 1 aliphatic heterocycles. The number of amidine groups is 1. The fourth-order valence-electron chi connectivity index (χ4n) is 2.88. The van der Waals surface area contributed by atoms with Crippen molar-refractivity contribution in [1.29, 1.82) is 0 Å². The predicted molar refractivity (Wildman–Crippen MR) is 98.5 cm³/mol. The van der Waals surface area contributed by atoms with Crippen molar-refractivity contribution in [2.75, 3.05) is 17.2 Å². The van der Waals surface area contributed by atoms with Gasteiger partial charge in [-0.15, -0.1) is 0 Å². The molecular formula is C18H21N3O2S. The van der Waals surface area contributed by atoms with Crippen LogP contribution >= 0.6 is 11.8 Å². The second-order valence-electron chi connectivity index (χ2n) is 5.90. The molecule has 1 aliphatic rings. The lowest BCUT2D eigenvalue weighted by Crippen LogP contribution is -2.32. The Morgan fingerprint density at radius 1 is 1.42 bits per heavy atom. The average Bonchev–Trinajstić information content (AvgIpc) is 3.10. The third-order valence-electron chi connectivity index (χ3n) is 4.27. The molecule has 0 saturated carbocycles.